The van der Waals surface area contributed by atoms with E-state index >= 15 is 0 Å². The smallest absolute Gasteiger partial charge is 0.231 e. The van der Waals surface area contributed by atoms with Gasteiger partial charge >= 0.3 is 0 Å². The van der Waals surface area contributed by atoms with E-state index in [2.05, 4.69) is 10.3 Å². The molecule has 0 bridgehead atoms. The largest absolute Gasteiger partial charge is 0.326 e. The number of carbonyl (C=O) groups is 1. The molecule has 102 valence electrons. The molecule has 0 radical (unpaired) electrons. The summed E-state index contributed by atoms with van der Waals surface area (Å²) in [5.74, 6) is 0.757. The average molecular weight is 285 g/mol. The first-order valence-electron chi connectivity index (χ1n) is 6.52. The summed E-state index contributed by atoms with van der Waals surface area (Å²) in [5, 5.41) is 5.25. The van der Waals surface area contributed by atoms with Crippen molar-refractivity contribution in [2.75, 3.05) is 11.9 Å². The van der Waals surface area contributed by atoms with E-state index in [1.165, 1.54) is 0 Å². The number of nitrogens with zero attached hydrogens (tertiary/aromatic N) is 2. The molecule has 1 aliphatic heterocycles. The molecule has 0 unspecified atom stereocenters. The highest BCUT2D eigenvalue weighted by molar-refractivity contribution is 7.09. The summed E-state index contributed by atoms with van der Waals surface area (Å²) >= 11 is 1.65. The van der Waals surface area contributed by atoms with E-state index in [4.69, 9.17) is 0 Å². The number of anilines is 1. The van der Waals surface area contributed by atoms with E-state index < -0.39 is 0 Å². The predicted octanol–water partition coefficient (Wildman–Crippen LogP) is 2.95. The van der Waals surface area contributed by atoms with Crippen LogP contribution >= 0.6 is 11.3 Å². The lowest BCUT2D eigenvalue weighted by Crippen LogP contribution is -2.43. The van der Waals surface area contributed by atoms with Gasteiger partial charge in [0.15, 0.2) is 0 Å². The van der Waals surface area contributed by atoms with E-state index in [9.17, 15) is 4.79 Å². The SMILES string of the molecule is O=C1CCN=C(Nc2ccccc2)N1Cc1cccs1. The van der Waals surface area contributed by atoms with E-state index in [0.717, 1.165) is 10.6 Å². The second-order valence-electron chi connectivity index (χ2n) is 4.51. The molecule has 0 fully saturated rings. The van der Waals surface area contributed by atoms with Crippen LogP contribution in [0.1, 0.15) is 11.3 Å². The van der Waals surface area contributed by atoms with Crippen molar-refractivity contribution in [1.82, 2.24) is 4.90 Å². The topological polar surface area (TPSA) is 44.7 Å². The molecule has 5 heteroatoms. The highest BCUT2D eigenvalue weighted by Gasteiger charge is 2.23. The normalized spacial score (nSPS) is 15.1. The summed E-state index contributed by atoms with van der Waals surface area (Å²) in [6.45, 7) is 1.13. The fraction of sp³-hybridized carbons (Fsp3) is 0.200. The molecule has 1 aromatic heterocycles. The molecule has 0 aliphatic carbocycles. The minimum Gasteiger partial charge on any atom is -0.326 e. The highest BCUT2D eigenvalue weighted by Crippen LogP contribution is 2.17. The molecule has 1 N–H and O–H groups in total. The lowest BCUT2D eigenvalue weighted by Gasteiger charge is -2.27. The molecule has 20 heavy (non-hydrogen) atoms. The Morgan fingerprint density at radius 1 is 1.20 bits per heavy atom. The number of nitrogens with one attached hydrogen (secondary N) is 1. The summed E-state index contributed by atoms with van der Waals surface area (Å²) in [6, 6.07) is 13.8. The van der Waals surface area contributed by atoms with Crippen LogP contribution in [0.4, 0.5) is 5.69 Å². The Bertz CT molecular complexity index is 607. The Balaban J connectivity index is 1.79. The van der Waals surface area contributed by atoms with E-state index in [1.807, 2.05) is 47.8 Å². The van der Waals surface area contributed by atoms with Gasteiger partial charge in [-0.25, -0.2) is 0 Å². The van der Waals surface area contributed by atoms with Crippen molar-refractivity contribution < 1.29 is 4.79 Å². The zero-order valence-electron chi connectivity index (χ0n) is 11.0. The van der Waals surface area contributed by atoms with Crippen LogP contribution < -0.4 is 5.32 Å². The quantitative estimate of drug-likeness (QED) is 0.942. The van der Waals surface area contributed by atoms with Gasteiger partial charge in [0.05, 0.1) is 13.1 Å². The number of para-hydroxylation sites is 1. The van der Waals surface area contributed by atoms with Crippen molar-refractivity contribution in [3.05, 3.63) is 52.7 Å². The third-order valence-corrected chi connectivity index (χ3v) is 3.93. The van der Waals surface area contributed by atoms with Crippen molar-refractivity contribution in [2.24, 2.45) is 4.99 Å². The monoisotopic (exact) mass is 285 g/mol. The van der Waals surface area contributed by atoms with Crippen LogP contribution in [-0.2, 0) is 11.3 Å². The summed E-state index contributed by atoms with van der Waals surface area (Å²) in [6.07, 6.45) is 0.478. The van der Waals surface area contributed by atoms with Crippen LogP contribution in [0.3, 0.4) is 0 Å². The summed E-state index contributed by atoms with van der Waals surface area (Å²) < 4.78 is 0. The van der Waals surface area contributed by atoms with Crippen molar-refractivity contribution in [3.63, 3.8) is 0 Å². The van der Waals surface area contributed by atoms with Crippen LogP contribution in [0, 0.1) is 0 Å². The Kier molecular flexibility index (Phi) is 3.78. The fourth-order valence-corrected chi connectivity index (χ4v) is 2.77. The number of amides is 1. The van der Waals surface area contributed by atoms with Crippen LogP contribution in [0.15, 0.2) is 52.8 Å². The maximum absolute atomic E-state index is 12.1. The zero-order chi connectivity index (χ0) is 13.8. The van der Waals surface area contributed by atoms with Gasteiger partial charge in [0.2, 0.25) is 11.9 Å². The number of hydrogen-bond donors (Lipinski definition) is 1. The van der Waals surface area contributed by atoms with Crippen molar-refractivity contribution in [2.45, 2.75) is 13.0 Å². The predicted molar refractivity (Wildman–Crippen MR) is 81.9 cm³/mol. The second kappa shape index (κ2) is 5.88. The molecule has 1 aliphatic rings. The molecule has 1 aromatic carbocycles. The lowest BCUT2D eigenvalue weighted by molar-refractivity contribution is -0.128. The number of thiophene rings is 1. The number of hydrogen-bond acceptors (Lipinski definition) is 4. The van der Waals surface area contributed by atoms with Crippen LogP contribution in [0.25, 0.3) is 0 Å². The van der Waals surface area contributed by atoms with Crippen LogP contribution in [-0.4, -0.2) is 23.3 Å². The highest BCUT2D eigenvalue weighted by atomic mass is 32.1. The van der Waals surface area contributed by atoms with Gasteiger partial charge in [0.1, 0.15) is 0 Å². The third kappa shape index (κ3) is 2.88. The third-order valence-electron chi connectivity index (χ3n) is 3.07. The molecule has 1 amide bonds. The minimum atomic E-state index is 0.117. The van der Waals surface area contributed by atoms with Gasteiger partial charge in [-0.2, -0.15) is 0 Å². The van der Waals surface area contributed by atoms with Crippen LogP contribution in [0.2, 0.25) is 0 Å². The minimum absolute atomic E-state index is 0.117. The van der Waals surface area contributed by atoms with Gasteiger partial charge in [-0.3, -0.25) is 14.7 Å². The van der Waals surface area contributed by atoms with E-state index in [0.29, 0.717) is 25.5 Å². The first-order valence-corrected chi connectivity index (χ1v) is 7.40. The van der Waals surface area contributed by atoms with Crippen molar-refractivity contribution in [3.8, 4) is 0 Å². The van der Waals surface area contributed by atoms with Gasteiger partial charge in [0, 0.05) is 17.0 Å². The molecule has 0 saturated carbocycles. The van der Waals surface area contributed by atoms with Gasteiger partial charge in [-0.05, 0) is 23.6 Å². The Labute approximate surface area is 121 Å². The Morgan fingerprint density at radius 2 is 2.05 bits per heavy atom. The number of aliphatic imine (C=N–C) groups is 1. The molecular formula is C15H15N3OS. The van der Waals surface area contributed by atoms with Crippen LogP contribution in [0.5, 0.6) is 0 Å². The molecule has 4 nitrogen and oxygen atoms in total. The summed E-state index contributed by atoms with van der Waals surface area (Å²) in [5.41, 5.74) is 0.942. The average Bonchev–Trinajstić information content (AvgIpc) is 2.97. The van der Waals surface area contributed by atoms with E-state index in [1.54, 1.807) is 16.2 Å². The zero-order valence-corrected chi connectivity index (χ0v) is 11.8. The first kappa shape index (κ1) is 12.9. The fourth-order valence-electron chi connectivity index (χ4n) is 2.07. The standard InChI is InChI=1S/C15H15N3OS/c19-14-8-9-16-15(17-12-5-2-1-3-6-12)18(14)11-13-7-4-10-20-13/h1-7,10H,8-9,11H2,(H,16,17). The number of guanidine groups is 1. The maximum atomic E-state index is 12.1. The number of carbonyl (C=O) groups excluding carboxylic acids is 1. The molecule has 3 rings (SSSR count). The molecule has 0 spiro atoms. The van der Waals surface area contributed by atoms with Gasteiger partial charge < -0.3 is 5.32 Å². The van der Waals surface area contributed by atoms with Crippen molar-refractivity contribution >= 4 is 28.9 Å². The van der Waals surface area contributed by atoms with Gasteiger partial charge in [0.25, 0.3) is 0 Å². The van der Waals surface area contributed by atoms with Gasteiger partial charge in [-0.15, -0.1) is 11.3 Å². The molecule has 2 aromatic rings. The summed E-state index contributed by atoms with van der Waals surface area (Å²) in [7, 11) is 0. The molecule has 0 atom stereocenters. The number of rotatable bonds is 3. The second-order valence-corrected chi connectivity index (χ2v) is 5.54. The number of benzene rings is 1. The summed E-state index contributed by atoms with van der Waals surface area (Å²) in [4.78, 5) is 19.5. The Morgan fingerprint density at radius 3 is 2.80 bits per heavy atom. The first-order chi connectivity index (χ1) is 9.83. The van der Waals surface area contributed by atoms with Gasteiger partial charge in [-0.1, -0.05) is 24.3 Å². The molecular weight excluding hydrogens is 270 g/mol. The maximum Gasteiger partial charge on any atom is 0.231 e. The van der Waals surface area contributed by atoms with E-state index in [-0.39, 0.29) is 5.91 Å². The molecule has 2 heterocycles. The molecule has 0 saturated heterocycles. The van der Waals surface area contributed by atoms with Crippen molar-refractivity contribution in [1.29, 1.82) is 0 Å². The Hall–Kier alpha value is -2.14. The lowest BCUT2D eigenvalue weighted by atomic mass is 10.3.